The molecule has 3 aromatic carbocycles. The first-order valence-electron chi connectivity index (χ1n) is 8.42. The summed E-state index contributed by atoms with van der Waals surface area (Å²) < 4.78 is 5.53. The van der Waals surface area contributed by atoms with Crippen LogP contribution in [-0.4, -0.2) is 11.9 Å². The minimum atomic E-state index is -1.10. The standard InChI is InChI=1S/C22H18ClNO3/c1-15-11-13-17(14-12-15)24-21(25)20(16-7-3-2-4-8-16)27-22(26)18-9-5-6-10-19(18)23/h2-14,20H,1H3,(H,24,25)/t20-/m1/s1. The number of ether oxygens (including phenoxy) is 1. The van der Waals surface area contributed by atoms with Gasteiger partial charge in [-0.3, -0.25) is 4.79 Å². The Bertz CT molecular complexity index is 939. The second-order valence-corrected chi connectivity index (χ2v) is 6.44. The Morgan fingerprint density at radius 2 is 1.52 bits per heavy atom. The second kappa shape index (κ2) is 8.52. The number of carbonyl (C=O) groups is 2. The molecular formula is C22H18ClNO3. The Hall–Kier alpha value is -3.11. The van der Waals surface area contributed by atoms with Crippen molar-refractivity contribution in [1.29, 1.82) is 0 Å². The predicted octanol–water partition coefficient (Wildman–Crippen LogP) is 5.19. The number of hydrogen-bond donors (Lipinski definition) is 1. The van der Waals surface area contributed by atoms with Gasteiger partial charge in [0.2, 0.25) is 6.10 Å². The third kappa shape index (κ3) is 4.74. The van der Waals surface area contributed by atoms with Crippen molar-refractivity contribution in [2.24, 2.45) is 0 Å². The highest BCUT2D eigenvalue weighted by molar-refractivity contribution is 6.33. The van der Waals surface area contributed by atoms with E-state index in [1.54, 1.807) is 60.7 Å². The summed E-state index contributed by atoms with van der Waals surface area (Å²) in [6, 6.07) is 22.8. The van der Waals surface area contributed by atoms with Crippen LogP contribution in [0.3, 0.4) is 0 Å². The molecule has 0 aromatic heterocycles. The fourth-order valence-corrected chi connectivity index (χ4v) is 2.76. The molecule has 0 unspecified atom stereocenters. The van der Waals surface area contributed by atoms with Crippen molar-refractivity contribution in [1.82, 2.24) is 0 Å². The van der Waals surface area contributed by atoms with E-state index >= 15 is 0 Å². The lowest BCUT2D eigenvalue weighted by molar-refractivity contribution is -0.125. The van der Waals surface area contributed by atoms with Crippen molar-refractivity contribution in [3.63, 3.8) is 0 Å². The minimum absolute atomic E-state index is 0.211. The first-order valence-corrected chi connectivity index (χ1v) is 8.80. The molecule has 0 spiro atoms. The number of rotatable bonds is 5. The highest BCUT2D eigenvalue weighted by atomic mass is 35.5. The summed E-state index contributed by atoms with van der Waals surface area (Å²) in [5, 5.41) is 3.06. The van der Waals surface area contributed by atoms with E-state index in [0.29, 0.717) is 11.3 Å². The summed E-state index contributed by atoms with van der Waals surface area (Å²) in [4.78, 5) is 25.4. The maximum Gasteiger partial charge on any atom is 0.340 e. The molecule has 27 heavy (non-hydrogen) atoms. The summed E-state index contributed by atoms with van der Waals surface area (Å²) >= 11 is 6.07. The Morgan fingerprint density at radius 1 is 0.889 bits per heavy atom. The van der Waals surface area contributed by atoms with Crippen LogP contribution in [0.2, 0.25) is 5.02 Å². The van der Waals surface area contributed by atoms with Crippen LogP contribution in [0, 0.1) is 6.92 Å². The van der Waals surface area contributed by atoms with E-state index in [1.165, 1.54) is 0 Å². The van der Waals surface area contributed by atoms with Gasteiger partial charge in [-0.2, -0.15) is 0 Å². The molecule has 4 nitrogen and oxygen atoms in total. The Kier molecular flexibility index (Phi) is 5.89. The molecule has 0 heterocycles. The van der Waals surface area contributed by atoms with E-state index in [-0.39, 0.29) is 10.6 Å². The lowest BCUT2D eigenvalue weighted by Crippen LogP contribution is -2.26. The van der Waals surface area contributed by atoms with Gasteiger partial charge in [0.1, 0.15) is 0 Å². The lowest BCUT2D eigenvalue weighted by Gasteiger charge is -2.18. The van der Waals surface area contributed by atoms with Crippen molar-refractivity contribution in [2.75, 3.05) is 5.32 Å². The highest BCUT2D eigenvalue weighted by Gasteiger charge is 2.26. The maximum atomic E-state index is 12.8. The minimum Gasteiger partial charge on any atom is -0.444 e. The number of anilines is 1. The van der Waals surface area contributed by atoms with E-state index in [2.05, 4.69) is 5.32 Å². The SMILES string of the molecule is Cc1ccc(NC(=O)[C@H](OC(=O)c2ccccc2Cl)c2ccccc2)cc1. The molecule has 0 aliphatic carbocycles. The van der Waals surface area contributed by atoms with Crippen LogP contribution in [0.5, 0.6) is 0 Å². The van der Waals surface area contributed by atoms with Crippen LogP contribution in [-0.2, 0) is 9.53 Å². The van der Waals surface area contributed by atoms with Gasteiger partial charge in [-0.1, -0.05) is 71.8 Å². The molecule has 5 heteroatoms. The van der Waals surface area contributed by atoms with Crippen LogP contribution >= 0.6 is 11.6 Å². The van der Waals surface area contributed by atoms with Gasteiger partial charge in [-0.15, -0.1) is 0 Å². The summed E-state index contributed by atoms with van der Waals surface area (Å²) in [6.07, 6.45) is -1.10. The average Bonchev–Trinajstić information content (AvgIpc) is 2.68. The molecule has 136 valence electrons. The molecule has 1 N–H and O–H groups in total. The molecule has 0 saturated heterocycles. The highest BCUT2D eigenvalue weighted by Crippen LogP contribution is 2.24. The predicted molar refractivity (Wildman–Crippen MR) is 106 cm³/mol. The second-order valence-electron chi connectivity index (χ2n) is 6.03. The molecule has 1 amide bonds. The average molecular weight is 380 g/mol. The van der Waals surface area contributed by atoms with Gasteiger partial charge in [-0.25, -0.2) is 4.79 Å². The maximum absolute atomic E-state index is 12.8. The van der Waals surface area contributed by atoms with Gasteiger partial charge in [0.05, 0.1) is 10.6 Å². The lowest BCUT2D eigenvalue weighted by atomic mass is 10.1. The molecule has 0 aliphatic heterocycles. The first-order chi connectivity index (χ1) is 13.0. The zero-order valence-corrected chi connectivity index (χ0v) is 15.4. The van der Waals surface area contributed by atoms with Crippen LogP contribution in [0.4, 0.5) is 5.69 Å². The number of hydrogen-bond acceptors (Lipinski definition) is 3. The normalized spacial score (nSPS) is 11.5. The molecule has 1 atom stereocenters. The molecule has 0 radical (unpaired) electrons. The van der Waals surface area contributed by atoms with Gasteiger partial charge < -0.3 is 10.1 Å². The number of aryl methyl sites for hydroxylation is 1. The number of amides is 1. The van der Waals surface area contributed by atoms with E-state index in [9.17, 15) is 9.59 Å². The Morgan fingerprint density at radius 3 is 2.19 bits per heavy atom. The zero-order chi connectivity index (χ0) is 19.2. The molecule has 0 bridgehead atoms. The number of carbonyl (C=O) groups excluding carboxylic acids is 2. The number of benzene rings is 3. The third-order valence-electron chi connectivity index (χ3n) is 3.98. The summed E-state index contributed by atoms with van der Waals surface area (Å²) in [5.74, 6) is -1.10. The fraction of sp³-hybridized carbons (Fsp3) is 0.0909. The molecule has 0 saturated carbocycles. The molecule has 0 aliphatic rings. The number of halogens is 1. The smallest absolute Gasteiger partial charge is 0.340 e. The van der Waals surface area contributed by atoms with Gasteiger partial charge in [0.15, 0.2) is 0 Å². The summed E-state index contributed by atoms with van der Waals surface area (Å²) in [6.45, 7) is 1.96. The van der Waals surface area contributed by atoms with E-state index in [4.69, 9.17) is 16.3 Å². The van der Waals surface area contributed by atoms with Crippen LogP contribution in [0.15, 0.2) is 78.9 Å². The fourth-order valence-electron chi connectivity index (χ4n) is 2.54. The van der Waals surface area contributed by atoms with Gasteiger partial charge >= 0.3 is 5.97 Å². The van der Waals surface area contributed by atoms with Crippen molar-refractivity contribution in [2.45, 2.75) is 13.0 Å². The Balaban J connectivity index is 1.85. The van der Waals surface area contributed by atoms with Crippen molar-refractivity contribution in [3.8, 4) is 0 Å². The van der Waals surface area contributed by atoms with E-state index < -0.39 is 18.0 Å². The zero-order valence-electron chi connectivity index (χ0n) is 14.7. The van der Waals surface area contributed by atoms with Crippen LogP contribution in [0.1, 0.15) is 27.6 Å². The van der Waals surface area contributed by atoms with Crippen molar-refractivity contribution in [3.05, 3.63) is 101 Å². The van der Waals surface area contributed by atoms with Gasteiger partial charge in [-0.05, 0) is 31.2 Å². The largest absolute Gasteiger partial charge is 0.444 e. The molecular weight excluding hydrogens is 362 g/mol. The van der Waals surface area contributed by atoms with Gasteiger partial charge in [0.25, 0.3) is 5.91 Å². The van der Waals surface area contributed by atoms with E-state index in [1.807, 2.05) is 25.1 Å². The number of nitrogens with one attached hydrogen (secondary N) is 1. The quantitative estimate of drug-likeness (QED) is 0.621. The summed E-state index contributed by atoms with van der Waals surface area (Å²) in [7, 11) is 0. The molecule has 0 fully saturated rings. The third-order valence-corrected chi connectivity index (χ3v) is 4.31. The first kappa shape index (κ1) is 18.7. The topological polar surface area (TPSA) is 55.4 Å². The monoisotopic (exact) mass is 379 g/mol. The Labute approximate surface area is 162 Å². The number of esters is 1. The van der Waals surface area contributed by atoms with Gasteiger partial charge in [0, 0.05) is 11.3 Å². The van der Waals surface area contributed by atoms with Crippen LogP contribution in [0.25, 0.3) is 0 Å². The molecule has 3 rings (SSSR count). The summed E-state index contributed by atoms with van der Waals surface area (Å²) in [5.41, 5.74) is 2.49. The van der Waals surface area contributed by atoms with E-state index in [0.717, 1.165) is 5.56 Å². The molecule has 3 aromatic rings. The van der Waals surface area contributed by atoms with Crippen molar-refractivity contribution < 1.29 is 14.3 Å². The van der Waals surface area contributed by atoms with Crippen molar-refractivity contribution >= 4 is 29.2 Å². The van der Waals surface area contributed by atoms with Crippen LogP contribution < -0.4 is 5.32 Å².